The Kier molecular flexibility index (Phi) is 5.30. The molecule has 0 atom stereocenters. The average Bonchev–Trinajstić information content (AvgIpc) is 3.13. The van der Waals surface area contributed by atoms with Crippen LogP contribution in [0.2, 0.25) is 0 Å². The highest BCUT2D eigenvalue weighted by Crippen LogP contribution is 2.38. The maximum absolute atomic E-state index is 13.0. The lowest BCUT2D eigenvalue weighted by molar-refractivity contribution is -0.383. The molecule has 0 aliphatic heterocycles. The van der Waals surface area contributed by atoms with Gasteiger partial charge in [-0.25, -0.2) is 0 Å². The van der Waals surface area contributed by atoms with E-state index in [0.29, 0.717) is 12.1 Å². The summed E-state index contributed by atoms with van der Waals surface area (Å²) in [6.45, 7) is 0.154. The lowest BCUT2D eigenvalue weighted by atomic mass is 10.1. The van der Waals surface area contributed by atoms with Gasteiger partial charge in [0.1, 0.15) is 4.70 Å². The van der Waals surface area contributed by atoms with Gasteiger partial charge in [-0.3, -0.25) is 19.9 Å². The molecule has 0 fully saturated rings. The summed E-state index contributed by atoms with van der Waals surface area (Å²) in [4.78, 5) is 32.5. The second-order valence-corrected chi connectivity index (χ2v) is 7.32. The van der Waals surface area contributed by atoms with Crippen molar-refractivity contribution < 1.29 is 18.1 Å². The van der Waals surface area contributed by atoms with Crippen LogP contribution in [0.4, 0.5) is 24.0 Å². The molecule has 0 spiro atoms. The molecule has 144 valence electrons. The number of rotatable bonds is 3. The van der Waals surface area contributed by atoms with Crippen LogP contribution in [0, 0.1) is 22.0 Å². The Morgan fingerprint density at radius 1 is 1.36 bits per heavy atom. The van der Waals surface area contributed by atoms with E-state index >= 15 is 0 Å². The third-order valence-corrected chi connectivity index (χ3v) is 5.41. The van der Waals surface area contributed by atoms with Crippen molar-refractivity contribution >= 4 is 43.6 Å². The number of nitro groups is 1. The van der Waals surface area contributed by atoms with E-state index in [1.807, 2.05) is 0 Å². The highest BCUT2D eigenvalue weighted by Gasteiger charge is 2.34. The number of aromatic nitrogens is 2. The zero-order valence-electron chi connectivity index (χ0n) is 14.0. The van der Waals surface area contributed by atoms with Crippen LogP contribution >= 0.6 is 22.7 Å². The molecular formula is C16H9F3N4O3S2. The third kappa shape index (κ3) is 4.10. The van der Waals surface area contributed by atoms with Crippen molar-refractivity contribution in [1.29, 1.82) is 0 Å². The van der Waals surface area contributed by atoms with E-state index in [2.05, 4.69) is 21.8 Å². The van der Waals surface area contributed by atoms with Gasteiger partial charge in [0.2, 0.25) is 0 Å². The molecule has 1 aromatic carbocycles. The Hall–Kier alpha value is -3.04. The van der Waals surface area contributed by atoms with Crippen molar-refractivity contribution in [3.8, 4) is 11.8 Å². The lowest BCUT2D eigenvalue weighted by Crippen LogP contribution is -2.21. The Labute approximate surface area is 163 Å². The maximum atomic E-state index is 13.0. The van der Waals surface area contributed by atoms with Crippen LogP contribution < -0.4 is 10.5 Å². The third-order valence-electron chi connectivity index (χ3n) is 3.50. The quantitative estimate of drug-likeness (QED) is 0.362. The molecule has 7 nitrogen and oxygen atoms in total. The monoisotopic (exact) mass is 426 g/mol. The Bertz CT molecular complexity index is 1160. The van der Waals surface area contributed by atoms with Crippen LogP contribution in [0.25, 0.3) is 10.1 Å². The first-order chi connectivity index (χ1) is 13.2. The van der Waals surface area contributed by atoms with Gasteiger partial charge in [-0.1, -0.05) is 23.2 Å². The van der Waals surface area contributed by atoms with E-state index < -0.39 is 33.3 Å². The van der Waals surface area contributed by atoms with E-state index in [-0.39, 0.29) is 16.4 Å². The Morgan fingerprint density at radius 3 is 2.71 bits per heavy atom. The number of thiazole rings is 1. The molecule has 3 rings (SSSR count). The number of benzene rings is 1. The molecule has 2 aromatic heterocycles. The minimum atomic E-state index is -4.82. The van der Waals surface area contributed by atoms with Gasteiger partial charge in [-0.15, -0.1) is 11.3 Å². The summed E-state index contributed by atoms with van der Waals surface area (Å²) in [5.41, 5.74) is -1.41. The molecule has 0 bridgehead atoms. The maximum Gasteiger partial charge on any atom is 0.416 e. The summed E-state index contributed by atoms with van der Waals surface area (Å²) in [6.07, 6.45) is -3.23. The highest BCUT2D eigenvalue weighted by molar-refractivity contribution is 7.22. The number of non-ortho nitro benzene ring substituents is 1. The molecular weight excluding hydrogens is 417 g/mol. The summed E-state index contributed by atoms with van der Waals surface area (Å²) in [6, 6.07) is 1.01. The van der Waals surface area contributed by atoms with Gasteiger partial charge < -0.3 is 4.90 Å². The first-order valence-electron chi connectivity index (χ1n) is 7.46. The normalized spacial score (nSPS) is 11.1. The number of hydrogen-bond acceptors (Lipinski definition) is 8. The fraction of sp³-hybridized carbons (Fsp3) is 0.188. The SMILES string of the molecule is CN(CC#Cc1cncs1)c1nc(=O)c2cc(C(F)(F)F)cc([N+](=O)[O-])c2s1. The molecule has 0 radical (unpaired) electrons. The smallest absolute Gasteiger partial charge is 0.340 e. The summed E-state index contributed by atoms with van der Waals surface area (Å²) >= 11 is 2.11. The highest BCUT2D eigenvalue weighted by atomic mass is 32.1. The molecule has 0 saturated carbocycles. The van der Waals surface area contributed by atoms with Gasteiger partial charge in [0.15, 0.2) is 5.13 Å². The number of nitro benzene ring substituents is 1. The second-order valence-electron chi connectivity index (χ2n) is 5.45. The van der Waals surface area contributed by atoms with Crippen molar-refractivity contribution in [3.63, 3.8) is 0 Å². The van der Waals surface area contributed by atoms with E-state index in [1.165, 1.54) is 16.2 Å². The fourth-order valence-corrected chi connectivity index (χ4v) is 3.71. The van der Waals surface area contributed by atoms with Gasteiger partial charge in [0, 0.05) is 13.1 Å². The molecule has 2 heterocycles. The first kappa shape index (κ1) is 19.7. The van der Waals surface area contributed by atoms with Crippen molar-refractivity contribution in [2.75, 3.05) is 18.5 Å². The van der Waals surface area contributed by atoms with E-state index in [9.17, 15) is 28.1 Å². The zero-order valence-corrected chi connectivity index (χ0v) is 15.6. The van der Waals surface area contributed by atoms with Crippen LogP contribution in [0.15, 0.2) is 28.6 Å². The van der Waals surface area contributed by atoms with Crippen LogP contribution in [-0.2, 0) is 6.18 Å². The Morgan fingerprint density at radius 2 is 2.11 bits per heavy atom. The van der Waals surface area contributed by atoms with Crippen LogP contribution in [-0.4, -0.2) is 28.5 Å². The van der Waals surface area contributed by atoms with E-state index in [1.54, 1.807) is 18.8 Å². The van der Waals surface area contributed by atoms with Crippen LogP contribution in [0.5, 0.6) is 0 Å². The predicted molar refractivity (Wildman–Crippen MR) is 99.8 cm³/mol. The van der Waals surface area contributed by atoms with Gasteiger partial charge in [0.05, 0.1) is 39.0 Å². The number of alkyl halides is 3. The van der Waals surface area contributed by atoms with Gasteiger partial charge >= 0.3 is 6.18 Å². The molecule has 12 heteroatoms. The topological polar surface area (TPSA) is 89.2 Å². The largest absolute Gasteiger partial charge is 0.416 e. The first-order valence-corrected chi connectivity index (χ1v) is 9.15. The lowest BCUT2D eigenvalue weighted by Gasteiger charge is -2.14. The second kappa shape index (κ2) is 7.53. The van der Waals surface area contributed by atoms with Crippen molar-refractivity contribution in [3.05, 3.63) is 54.7 Å². The molecule has 28 heavy (non-hydrogen) atoms. The Balaban J connectivity index is 2.05. The number of fused-ring (bicyclic) bond motifs is 1. The molecule has 3 aromatic rings. The predicted octanol–water partition coefficient (Wildman–Crippen LogP) is 3.53. The minimum absolute atomic E-state index is 0.110. The molecule has 0 amide bonds. The number of hydrogen-bond donors (Lipinski definition) is 0. The average molecular weight is 426 g/mol. The molecule has 0 unspecified atom stereocenters. The zero-order chi connectivity index (χ0) is 20.5. The summed E-state index contributed by atoms with van der Waals surface area (Å²) < 4.78 is 38.8. The van der Waals surface area contributed by atoms with Crippen LogP contribution in [0.1, 0.15) is 10.4 Å². The van der Waals surface area contributed by atoms with Crippen LogP contribution in [0.3, 0.4) is 0 Å². The minimum Gasteiger partial charge on any atom is -0.340 e. The van der Waals surface area contributed by atoms with Crippen molar-refractivity contribution in [2.24, 2.45) is 0 Å². The summed E-state index contributed by atoms with van der Waals surface area (Å²) in [5, 5.41) is 10.9. The molecule has 0 N–H and O–H groups in total. The fourth-order valence-electron chi connectivity index (χ4n) is 2.19. The van der Waals surface area contributed by atoms with E-state index in [4.69, 9.17) is 0 Å². The van der Waals surface area contributed by atoms with Gasteiger partial charge in [-0.05, 0) is 6.07 Å². The number of halogens is 3. The number of nitrogens with zero attached hydrogens (tertiary/aromatic N) is 4. The molecule has 0 aliphatic rings. The summed E-state index contributed by atoms with van der Waals surface area (Å²) in [5.74, 6) is 5.71. The van der Waals surface area contributed by atoms with Crippen molar-refractivity contribution in [1.82, 2.24) is 9.97 Å². The van der Waals surface area contributed by atoms with Gasteiger partial charge in [0.25, 0.3) is 11.2 Å². The van der Waals surface area contributed by atoms with Gasteiger partial charge in [-0.2, -0.15) is 18.2 Å². The molecule has 0 aliphatic carbocycles. The van der Waals surface area contributed by atoms with E-state index in [0.717, 1.165) is 16.2 Å². The standard InChI is InChI=1S/C16H9F3N4O3S2/c1-22(4-2-3-10-7-20-8-27-10)15-21-14(24)11-5-9(16(17,18)19)6-12(23(25)26)13(11)28-15/h5-8H,4H2,1H3. The van der Waals surface area contributed by atoms with Crippen molar-refractivity contribution in [2.45, 2.75) is 6.18 Å². The number of anilines is 1. The summed E-state index contributed by atoms with van der Waals surface area (Å²) in [7, 11) is 1.57. The molecule has 0 saturated heterocycles.